The second-order valence-electron chi connectivity index (χ2n) is 7.94. The Balaban J connectivity index is 1.41. The van der Waals surface area contributed by atoms with Gasteiger partial charge in [-0.1, -0.05) is 17.7 Å². The summed E-state index contributed by atoms with van der Waals surface area (Å²) in [7, 11) is -3.70. The maximum atomic E-state index is 13.1. The summed E-state index contributed by atoms with van der Waals surface area (Å²) >= 11 is 1.41. The van der Waals surface area contributed by atoms with Crippen LogP contribution in [0.1, 0.15) is 25.3 Å². The third-order valence-corrected chi connectivity index (χ3v) is 8.74. The standard InChI is InChI=1S/C22H25N3O4S2/c1-14-3-5-17(6-4-14)23-22(27)16-9-11-25(12-10-16)31(28,29)18-7-8-20-19(13-18)24-21(26)15(2)30-20/h3-8,13,15-16H,9-12H2,1-2H3,(H,23,27)(H,24,26). The molecule has 2 aliphatic heterocycles. The number of fused-ring (bicyclic) bond motifs is 1. The van der Waals surface area contributed by atoms with E-state index in [2.05, 4.69) is 10.6 Å². The van der Waals surface area contributed by atoms with Crippen molar-refractivity contribution in [2.24, 2.45) is 5.92 Å². The topological polar surface area (TPSA) is 95.6 Å². The number of aryl methyl sites for hydroxylation is 1. The number of rotatable bonds is 4. The molecule has 2 aromatic carbocycles. The lowest BCUT2D eigenvalue weighted by Gasteiger charge is -2.31. The number of anilines is 2. The van der Waals surface area contributed by atoms with Crippen molar-refractivity contribution in [1.29, 1.82) is 0 Å². The van der Waals surface area contributed by atoms with Gasteiger partial charge in [0.05, 0.1) is 15.8 Å². The lowest BCUT2D eigenvalue weighted by Crippen LogP contribution is -2.41. The smallest absolute Gasteiger partial charge is 0.243 e. The highest BCUT2D eigenvalue weighted by molar-refractivity contribution is 8.01. The SMILES string of the molecule is Cc1ccc(NC(=O)C2CCN(S(=O)(=O)c3ccc4c(c3)NC(=O)C(C)S4)CC2)cc1. The van der Waals surface area contributed by atoms with E-state index in [4.69, 9.17) is 0 Å². The fourth-order valence-electron chi connectivity index (χ4n) is 3.74. The molecule has 2 aliphatic rings. The largest absolute Gasteiger partial charge is 0.326 e. The van der Waals surface area contributed by atoms with Crippen LogP contribution in [0.2, 0.25) is 0 Å². The van der Waals surface area contributed by atoms with Gasteiger partial charge in [0.25, 0.3) is 0 Å². The molecule has 0 bridgehead atoms. The summed E-state index contributed by atoms with van der Waals surface area (Å²) in [6, 6.07) is 12.4. The Morgan fingerprint density at radius 3 is 2.48 bits per heavy atom. The Labute approximate surface area is 186 Å². The van der Waals surface area contributed by atoms with Crippen LogP contribution in [0, 0.1) is 12.8 Å². The number of hydrogen-bond donors (Lipinski definition) is 2. The van der Waals surface area contributed by atoms with Crippen LogP contribution in [0.5, 0.6) is 0 Å². The molecule has 2 aromatic rings. The van der Waals surface area contributed by atoms with Gasteiger partial charge in [-0.25, -0.2) is 8.42 Å². The minimum absolute atomic E-state index is 0.0801. The molecular formula is C22H25N3O4S2. The van der Waals surface area contributed by atoms with Crippen LogP contribution < -0.4 is 10.6 Å². The molecule has 4 rings (SSSR count). The highest BCUT2D eigenvalue weighted by Gasteiger charge is 2.33. The van der Waals surface area contributed by atoms with Gasteiger partial charge in [-0.05, 0) is 57.0 Å². The summed E-state index contributed by atoms with van der Waals surface area (Å²) in [5, 5.41) is 5.49. The third-order valence-electron chi connectivity index (χ3n) is 5.66. The lowest BCUT2D eigenvalue weighted by molar-refractivity contribution is -0.121. The molecule has 31 heavy (non-hydrogen) atoms. The van der Waals surface area contributed by atoms with Crippen molar-refractivity contribution in [2.45, 2.75) is 41.7 Å². The molecular weight excluding hydrogens is 434 g/mol. The van der Waals surface area contributed by atoms with Crippen LogP contribution in [0.4, 0.5) is 11.4 Å². The Morgan fingerprint density at radius 2 is 1.81 bits per heavy atom. The van der Waals surface area contributed by atoms with Crippen molar-refractivity contribution in [2.75, 3.05) is 23.7 Å². The van der Waals surface area contributed by atoms with Crippen LogP contribution in [-0.4, -0.2) is 42.9 Å². The molecule has 2 amide bonds. The number of thioether (sulfide) groups is 1. The van der Waals surface area contributed by atoms with Crippen molar-refractivity contribution in [3.63, 3.8) is 0 Å². The van der Waals surface area contributed by atoms with E-state index in [1.165, 1.54) is 22.1 Å². The molecule has 0 aromatic heterocycles. The zero-order valence-electron chi connectivity index (χ0n) is 17.4. The minimum Gasteiger partial charge on any atom is -0.326 e. The van der Waals surface area contributed by atoms with E-state index in [9.17, 15) is 18.0 Å². The number of piperidine rings is 1. The van der Waals surface area contributed by atoms with Gasteiger partial charge in [0.1, 0.15) is 0 Å². The van der Waals surface area contributed by atoms with Gasteiger partial charge in [0, 0.05) is 29.6 Å². The highest BCUT2D eigenvalue weighted by atomic mass is 32.2. The molecule has 9 heteroatoms. The summed E-state index contributed by atoms with van der Waals surface area (Å²) in [4.78, 5) is 25.5. The summed E-state index contributed by atoms with van der Waals surface area (Å²) in [6.07, 6.45) is 0.929. The molecule has 1 fully saturated rings. The fraction of sp³-hybridized carbons (Fsp3) is 0.364. The van der Waals surface area contributed by atoms with Gasteiger partial charge >= 0.3 is 0 Å². The maximum absolute atomic E-state index is 13.1. The molecule has 0 aliphatic carbocycles. The Kier molecular flexibility index (Phi) is 6.09. The monoisotopic (exact) mass is 459 g/mol. The molecule has 2 heterocycles. The van der Waals surface area contributed by atoms with Crippen LogP contribution in [0.15, 0.2) is 52.3 Å². The predicted molar refractivity (Wildman–Crippen MR) is 122 cm³/mol. The average Bonchev–Trinajstić information content (AvgIpc) is 2.76. The van der Waals surface area contributed by atoms with Crippen molar-refractivity contribution in [1.82, 2.24) is 4.31 Å². The summed E-state index contributed by atoms with van der Waals surface area (Å²) in [6.45, 7) is 4.36. The number of carbonyl (C=O) groups is 2. The molecule has 2 N–H and O–H groups in total. The first-order valence-corrected chi connectivity index (χ1v) is 12.6. The first-order valence-electron chi connectivity index (χ1n) is 10.2. The quantitative estimate of drug-likeness (QED) is 0.730. The van der Waals surface area contributed by atoms with Gasteiger partial charge in [-0.3, -0.25) is 9.59 Å². The van der Waals surface area contributed by atoms with Crippen molar-refractivity contribution >= 4 is 45.0 Å². The normalized spacial score (nSPS) is 20.1. The number of nitrogens with zero attached hydrogens (tertiary/aromatic N) is 1. The predicted octanol–water partition coefficient (Wildman–Crippen LogP) is 3.47. The second-order valence-corrected chi connectivity index (χ2v) is 11.3. The molecule has 7 nitrogen and oxygen atoms in total. The van der Waals surface area contributed by atoms with Crippen molar-refractivity contribution in [3.05, 3.63) is 48.0 Å². The fourth-order valence-corrected chi connectivity index (χ4v) is 6.16. The van der Waals surface area contributed by atoms with E-state index in [-0.39, 0.29) is 41.0 Å². The highest BCUT2D eigenvalue weighted by Crippen LogP contribution is 2.37. The molecule has 1 unspecified atom stereocenters. The van der Waals surface area contributed by atoms with E-state index in [1.54, 1.807) is 12.1 Å². The number of carbonyl (C=O) groups excluding carboxylic acids is 2. The number of amides is 2. The second kappa shape index (κ2) is 8.64. The molecule has 164 valence electrons. The summed E-state index contributed by atoms with van der Waals surface area (Å²) < 4.78 is 27.7. The Hall–Kier alpha value is -2.36. The van der Waals surface area contributed by atoms with Crippen LogP contribution in [0.25, 0.3) is 0 Å². The zero-order chi connectivity index (χ0) is 22.2. The average molecular weight is 460 g/mol. The van der Waals surface area contributed by atoms with E-state index in [0.29, 0.717) is 18.5 Å². The summed E-state index contributed by atoms with van der Waals surface area (Å²) in [5.74, 6) is -0.440. The van der Waals surface area contributed by atoms with E-state index < -0.39 is 10.0 Å². The van der Waals surface area contributed by atoms with E-state index in [1.807, 2.05) is 38.1 Å². The van der Waals surface area contributed by atoms with E-state index in [0.717, 1.165) is 16.1 Å². The van der Waals surface area contributed by atoms with Crippen LogP contribution >= 0.6 is 11.8 Å². The lowest BCUT2D eigenvalue weighted by atomic mass is 9.97. The third kappa shape index (κ3) is 4.63. The zero-order valence-corrected chi connectivity index (χ0v) is 19.1. The van der Waals surface area contributed by atoms with Gasteiger partial charge in [0.2, 0.25) is 21.8 Å². The van der Waals surface area contributed by atoms with Crippen LogP contribution in [0.3, 0.4) is 0 Å². The van der Waals surface area contributed by atoms with Crippen molar-refractivity contribution in [3.8, 4) is 0 Å². The van der Waals surface area contributed by atoms with Gasteiger partial charge in [0.15, 0.2) is 0 Å². The van der Waals surface area contributed by atoms with Gasteiger partial charge in [-0.15, -0.1) is 11.8 Å². The van der Waals surface area contributed by atoms with E-state index >= 15 is 0 Å². The Morgan fingerprint density at radius 1 is 1.13 bits per heavy atom. The number of sulfonamides is 1. The molecule has 0 saturated carbocycles. The minimum atomic E-state index is -3.70. The first-order chi connectivity index (χ1) is 14.7. The summed E-state index contributed by atoms with van der Waals surface area (Å²) in [5.41, 5.74) is 2.39. The van der Waals surface area contributed by atoms with Crippen molar-refractivity contribution < 1.29 is 18.0 Å². The maximum Gasteiger partial charge on any atom is 0.243 e. The van der Waals surface area contributed by atoms with Gasteiger partial charge in [-0.2, -0.15) is 4.31 Å². The number of hydrogen-bond acceptors (Lipinski definition) is 5. The number of benzene rings is 2. The Bertz CT molecular complexity index is 1110. The molecule has 0 radical (unpaired) electrons. The number of nitrogens with one attached hydrogen (secondary N) is 2. The molecule has 1 saturated heterocycles. The first kappa shape index (κ1) is 21.9. The molecule has 1 atom stereocenters. The molecule has 0 spiro atoms. The van der Waals surface area contributed by atoms with Crippen LogP contribution in [-0.2, 0) is 19.6 Å². The van der Waals surface area contributed by atoms with Gasteiger partial charge < -0.3 is 10.6 Å².